The number of aliphatic hydroxyl groups is 2. The second kappa shape index (κ2) is 9.18. The Hall–Kier alpha value is -3.73. The van der Waals surface area contributed by atoms with Gasteiger partial charge in [-0.2, -0.15) is 0 Å². The lowest BCUT2D eigenvalue weighted by molar-refractivity contribution is -0.137. The van der Waals surface area contributed by atoms with Gasteiger partial charge in [-0.15, -0.1) is 0 Å². The lowest BCUT2D eigenvalue weighted by atomic mass is 9.83. The van der Waals surface area contributed by atoms with Crippen LogP contribution < -0.4 is 5.32 Å². The molecule has 32 heavy (non-hydrogen) atoms. The normalized spacial score (nSPS) is 11.7. The van der Waals surface area contributed by atoms with Gasteiger partial charge in [0.05, 0.1) is 6.54 Å². The molecule has 0 spiro atoms. The van der Waals surface area contributed by atoms with Gasteiger partial charge in [-0.1, -0.05) is 121 Å². The number of rotatable bonds is 7. The predicted octanol–water partition coefficient (Wildman–Crippen LogP) is 3.97. The van der Waals surface area contributed by atoms with Crippen molar-refractivity contribution in [3.05, 3.63) is 144 Å². The highest BCUT2D eigenvalue weighted by atomic mass is 16.3. The lowest BCUT2D eigenvalue weighted by Gasteiger charge is -2.33. The zero-order valence-corrected chi connectivity index (χ0v) is 17.6. The molecule has 0 radical (unpaired) electrons. The Morgan fingerprint density at radius 3 is 1.22 bits per heavy atom. The minimum absolute atomic E-state index is 0.109. The molecule has 0 aliphatic carbocycles. The van der Waals surface area contributed by atoms with Crippen LogP contribution in [0.3, 0.4) is 0 Å². The summed E-state index contributed by atoms with van der Waals surface area (Å²) in [5.41, 5.74) is -1.18. The van der Waals surface area contributed by atoms with Crippen LogP contribution in [-0.2, 0) is 16.0 Å². The summed E-state index contributed by atoms with van der Waals surface area (Å²) < 4.78 is 0. The van der Waals surface area contributed by atoms with Gasteiger partial charge in [-0.3, -0.25) is 4.79 Å². The first-order chi connectivity index (χ1) is 15.5. The number of carbonyl (C=O) groups is 1. The maximum absolute atomic E-state index is 13.5. The molecule has 0 fully saturated rings. The topological polar surface area (TPSA) is 69.6 Å². The van der Waals surface area contributed by atoms with Gasteiger partial charge >= 0.3 is 0 Å². The largest absolute Gasteiger partial charge is 0.379 e. The Labute approximate surface area is 187 Å². The van der Waals surface area contributed by atoms with Gasteiger partial charge in [-0.25, -0.2) is 0 Å². The molecule has 0 aliphatic rings. The van der Waals surface area contributed by atoms with Crippen molar-refractivity contribution in [2.45, 2.75) is 11.2 Å². The molecule has 4 rings (SSSR count). The van der Waals surface area contributed by atoms with Crippen molar-refractivity contribution in [3.8, 4) is 0 Å². The molecule has 1 amide bonds. The summed E-state index contributed by atoms with van der Waals surface area (Å²) >= 11 is 0. The summed E-state index contributed by atoms with van der Waals surface area (Å²) in [6.45, 7) is -0.109. The van der Waals surface area contributed by atoms with Crippen molar-refractivity contribution in [3.63, 3.8) is 0 Å². The molecule has 0 unspecified atom stereocenters. The third kappa shape index (κ3) is 4.06. The average Bonchev–Trinajstić information content (AvgIpc) is 2.88. The molecule has 3 N–H and O–H groups in total. The Bertz CT molecular complexity index is 1070. The molecular formula is C28H25NO3. The maximum Gasteiger partial charge on any atom is 0.261 e. The lowest BCUT2D eigenvalue weighted by Crippen LogP contribution is -2.50. The van der Waals surface area contributed by atoms with Crippen LogP contribution in [0.5, 0.6) is 0 Å². The fraction of sp³-hybridized carbons (Fsp3) is 0.107. The van der Waals surface area contributed by atoms with E-state index in [0.717, 1.165) is 0 Å². The second-order valence-electron chi connectivity index (χ2n) is 7.72. The molecule has 0 saturated heterocycles. The van der Waals surface area contributed by atoms with Crippen LogP contribution in [0.25, 0.3) is 0 Å². The molecule has 160 valence electrons. The van der Waals surface area contributed by atoms with E-state index in [1.165, 1.54) is 0 Å². The van der Waals surface area contributed by atoms with E-state index in [2.05, 4.69) is 5.32 Å². The van der Waals surface area contributed by atoms with Crippen LogP contribution in [-0.4, -0.2) is 22.7 Å². The van der Waals surface area contributed by atoms with Crippen molar-refractivity contribution in [2.75, 3.05) is 6.54 Å². The second-order valence-corrected chi connectivity index (χ2v) is 7.72. The van der Waals surface area contributed by atoms with E-state index >= 15 is 0 Å². The van der Waals surface area contributed by atoms with Crippen LogP contribution in [0.1, 0.15) is 22.3 Å². The predicted molar refractivity (Wildman–Crippen MR) is 125 cm³/mol. The van der Waals surface area contributed by atoms with Gasteiger partial charge in [0, 0.05) is 0 Å². The van der Waals surface area contributed by atoms with E-state index in [0.29, 0.717) is 22.3 Å². The molecule has 4 heteroatoms. The van der Waals surface area contributed by atoms with Crippen molar-refractivity contribution in [2.24, 2.45) is 0 Å². The van der Waals surface area contributed by atoms with Crippen molar-refractivity contribution in [1.29, 1.82) is 0 Å². The minimum atomic E-state index is -1.91. The number of hydrogen-bond acceptors (Lipinski definition) is 3. The molecule has 0 saturated carbocycles. The highest BCUT2D eigenvalue weighted by Crippen LogP contribution is 2.32. The number of nitrogens with one attached hydrogen (secondary N) is 1. The molecule has 0 bridgehead atoms. The van der Waals surface area contributed by atoms with Crippen molar-refractivity contribution < 1.29 is 15.0 Å². The van der Waals surface area contributed by atoms with Crippen LogP contribution in [0.4, 0.5) is 0 Å². The van der Waals surface area contributed by atoms with E-state index in [1.807, 2.05) is 72.8 Å². The van der Waals surface area contributed by atoms with Crippen LogP contribution >= 0.6 is 0 Å². The fourth-order valence-electron chi connectivity index (χ4n) is 3.92. The van der Waals surface area contributed by atoms with Crippen LogP contribution in [0.15, 0.2) is 121 Å². The summed E-state index contributed by atoms with van der Waals surface area (Å²) in [6, 6.07) is 36.0. The number of hydrogen-bond donors (Lipinski definition) is 3. The van der Waals surface area contributed by atoms with Crippen molar-refractivity contribution in [1.82, 2.24) is 5.32 Å². The maximum atomic E-state index is 13.5. The third-order valence-corrected chi connectivity index (χ3v) is 5.72. The summed E-state index contributed by atoms with van der Waals surface area (Å²) in [6.07, 6.45) is 0. The molecule has 0 atom stereocenters. The van der Waals surface area contributed by atoms with E-state index in [1.54, 1.807) is 48.5 Å². The highest BCUT2D eigenvalue weighted by Gasteiger charge is 2.41. The van der Waals surface area contributed by atoms with Crippen LogP contribution in [0, 0.1) is 0 Å². The molecule has 0 heterocycles. The van der Waals surface area contributed by atoms with Gasteiger partial charge in [-0.05, 0) is 22.3 Å². The first kappa shape index (κ1) is 21.5. The molecule has 0 aromatic heterocycles. The van der Waals surface area contributed by atoms with E-state index < -0.39 is 17.1 Å². The minimum Gasteiger partial charge on any atom is -0.379 e. The quantitative estimate of drug-likeness (QED) is 0.421. The van der Waals surface area contributed by atoms with Crippen LogP contribution in [0.2, 0.25) is 0 Å². The van der Waals surface area contributed by atoms with E-state index in [4.69, 9.17) is 0 Å². The zero-order chi connectivity index (χ0) is 22.4. The molecular weight excluding hydrogens is 398 g/mol. The standard InChI is InChI=1S/C28H25NO3/c30-26(28(32,24-17-9-3-10-18-24)25-19-11-4-12-20-25)29-21-27(31,22-13-5-1-6-14-22)23-15-7-2-8-16-23/h1-20,31-32H,21H2,(H,29,30). The smallest absolute Gasteiger partial charge is 0.261 e. The Kier molecular flexibility index (Phi) is 6.17. The zero-order valence-electron chi connectivity index (χ0n) is 17.6. The average molecular weight is 424 g/mol. The number of amides is 1. The van der Waals surface area contributed by atoms with E-state index in [-0.39, 0.29) is 6.54 Å². The van der Waals surface area contributed by atoms with Gasteiger partial charge in [0.2, 0.25) is 0 Å². The number of carbonyl (C=O) groups excluding carboxylic acids is 1. The Morgan fingerprint density at radius 2 is 0.875 bits per heavy atom. The first-order valence-corrected chi connectivity index (χ1v) is 10.5. The molecule has 4 aromatic rings. The van der Waals surface area contributed by atoms with Gasteiger partial charge in [0.25, 0.3) is 5.91 Å². The third-order valence-electron chi connectivity index (χ3n) is 5.72. The van der Waals surface area contributed by atoms with Crippen molar-refractivity contribution >= 4 is 5.91 Å². The fourth-order valence-corrected chi connectivity index (χ4v) is 3.92. The summed E-state index contributed by atoms with van der Waals surface area (Å²) in [5, 5.41) is 26.2. The number of benzene rings is 4. The monoisotopic (exact) mass is 423 g/mol. The molecule has 0 aliphatic heterocycles. The van der Waals surface area contributed by atoms with Gasteiger partial charge < -0.3 is 15.5 Å². The molecule has 4 nitrogen and oxygen atoms in total. The Morgan fingerprint density at radius 1 is 0.562 bits per heavy atom. The van der Waals surface area contributed by atoms with Gasteiger partial charge in [0.1, 0.15) is 5.60 Å². The van der Waals surface area contributed by atoms with E-state index in [9.17, 15) is 15.0 Å². The summed E-state index contributed by atoms with van der Waals surface area (Å²) in [7, 11) is 0. The Balaban J connectivity index is 1.70. The summed E-state index contributed by atoms with van der Waals surface area (Å²) in [5.74, 6) is -0.611. The first-order valence-electron chi connectivity index (χ1n) is 10.5. The summed E-state index contributed by atoms with van der Waals surface area (Å²) in [4.78, 5) is 13.5. The highest BCUT2D eigenvalue weighted by molar-refractivity contribution is 5.90. The SMILES string of the molecule is O=C(NCC(O)(c1ccccc1)c1ccccc1)C(O)(c1ccccc1)c1ccccc1. The van der Waals surface area contributed by atoms with Gasteiger partial charge in [0.15, 0.2) is 5.60 Å². The molecule has 4 aromatic carbocycles.